The van der Waals surface area contributed by atoms with Gasteiger partial charge in [-0.3, -0.25) is 4.79 Å². The van der Waals surface area contributed by atoms with E-state index in [1.54, 1.807) is 6.20 Å². The van der Waals surface area contributed by atoms with E-state index in [4.69, 9.17) is 16.3 Å². The van der Waals surface area contributed by atoms with Crippen LogP contribution in [0.25, 0.3) is 0 Å². The lowest BCUT2D eigenvalue weighted by Gasteiger charge is -2.38. The summed E-state index contributed by atoms with van der Waals surface area (Å²) in [5.41, 5.74) is 3.31. The third-order valence-corrected chi connectivity index (χ3v) is 6.39. The molecule has 1 fully saturated rings. The van der Waals surface area contributed by atoms with Crippen LogP contribution in [0.3, 0.4) is 0 Å². The van der Waals surface area contributed by atoms with Gasteiger partial charge in [0.05, 0.1) is 29.9 Å². The molecule has 0 bridgehead atoms. The first-order chi connectivity index (χ1) is 15.4. The molecule has 6 heteroatoms. The van der Waals surface area contributed by atoms with Gasteiger partial charge in [0.15, 0.2) is 0 Å². The number of nitrogens with one attached hydrogen (secondary N) is 1. The molecule has 0 spiro atoms. The minimum absolute atomic E-state index is 0.0588. The molecular formula is C26H36ClN3O2. The van der Waals surface area contributed by atoms with Crippen LogP contribution in [-0.2, 0) is 9.53 Å². The summed E-state index contributed by atoms with van der Waals surface area (Å²) in [6.07, 6.45) is 8.37. The van der Waals surface area contributed by atoms with Crippen LogP contribution in [0.2, 0.25) is 5.02 Å². The summed E-state index contributed by atoms with van der Waals surface area (Å²) in [5.74, 6) is 1.17. The third-order valence-electron chi connectivity index (χ3n) is 6.17. The predicted octanol–water partition coefficient (Wildman–Crippen LogP) is 6.94. The maximum Gasteiger partial charge on any atom is 0.306 e. The number of halogens is 1. The first-order valence-electron chi connectivity index (χ1n) is 11.7. The molecule has 1 heterocycles. The lowest BCUT2D eigenvalue weighted by molar-refractivity contribution is -0.140. The average molecular weight is 458 g/mol. The van der Waals surface area contributed by atoms with Gasteiger partial charge in [-0.1, -0.05) is 57.7 Å². The van der Waals surface area contributed by atoms with Crippen LogP contribution in [0, 0.1) is 5.92 Å². The van der Waals surface area contributed by atoms with E-state index in [1.807, 2.05) is 12.1 Å². The van der Waals surface area contributed by atoms with Gasteiger partial charge in [-0.05, 0) is 54.5 Å². The summed E-state index contributed by atoms with van der Waals surface area (Å²) in [7, 11) is 1.44. The number of hydrogen-bond donors (Lipinski definition) is 1. The van der Waals surface area contributed by atoms with Crippen LogP contribution in [-0.4, -0.2) is 30.6 Å². The van der Waals surface area contributed by atoms with Crippen molar-refractivity contribution < 1.29 is 9.53 Å². The highest BCUT2D eigenvalue weighted by molar-refractivity contribution is 6.30. The molecule has 0 amide bonds. The number of hydrogen-bond acceptors (Lipinski definition) is 5. The van der Waals surface area contributed by atoms with Crippen LogP contribution >= 0.6 is 11.6 Å². The fourth-order valence-corrected chi connectivity index (χ4v) is 4.59. The third kappa shape index (κ3) is 6.61. The summed E-state index contributed by atoms with van der Waals surface area (Å²) in [4.78, 5) is 18.9. The number of aromatic nitrogens is 1. The molecule has 1 N–H and O–H groups in total. The Hall–Kier alpha value is -2.27. The quantitative estimate of drug-likeness (QED) is 0.413. The van der Waals surface area contributed by atoms with Gasteiger partial charge in [-0.25, -0.2) is 4.98 Å². The summed E-state index contributed by atoms with van der Waals surface area (Å²) in [5, 5.41) is 4.14. The Labute approximate surface area is 197 Å². The largest absolute Gasteiger partial charge is 0.469 e. The second-order valence-corrected chi connectivity index (χ2v) is 9.72. The van der Waals surface area contributed by atoms with Crippen molar-refractivity contribution in [2.75, 3.05) is 23.9 Å². The molecule has 0 radical (unpaired) electrons. The second-order valence-electron chi connectivity index (χ2n) is 9.28. The predicted molar refractivity (Wildman–Crippen MR) is 133 cm³/mol. The van der Waals surface area contributed by atoms with Crippen molar-refractivity contribution in [3.63, 3.8) is 0 Å². The van der Waals surface area contributed by atoms with Gasteiger partial charge in [-0.2, -0.15) is 0 Å². The number of rotatable bonds is 9. The Kier molecular flexibility index (Phi) is 8.80. The van der Waals surface area contributed by atoms with E-state index in [-0.39, 0.29) is 11.9 Å². The first kappa shape index (κ1) is 24.4. The molecule has 5 nitrogen and oxygen atoms in total. The number of benzene rings is 1. The van der Waals surface area contributed by atoms with Gasteiger partial charge < -0.3 is 15.0 Å². The lowest BCUT2D eigenvalue weighted by Crippen LogP contribution is -2.39. The number of pyridine rings is 1. The minimum atomic E-state index is -0.195. The van der Waals surface area contributed by atoms with Gasteiger partial charge >= 0.3 is 5.97 Å². The zero-order valence-corrected chi connectivity index (χ0v) is 20.5. The number of esters is 1. The summed E-state index contributed by atoms with van der Waals surface area (Å²) >= 11 is 6.04. The maximum atomic E-state index is 11.8. The second kappa shape index (κ2) is 11.6. The van der Waals surface area contributed by atoms with Crippen molar-refractivity contribution in [3.05, 3.63) is 47.1 Å². The van der Waals surface area contributed by atoms with Crippen LogP contribution in [0.5, 0.6) is 0 Å². The highest BCUT2D eigenvalue weighted by Crippen LogP contribution is 2.37. The molecule has 1 unspecified atom stereocenters. The van der Waals surface area contributed by atoms with E-state index in [9.17, 15) is 4.79 Å². The van der Waals surface area contributed by atoms with Gasteiger partial charge in [0, 0.05) is 18.8 Å². The van der Waals surface area contributed by atoms with E-state index in [1.165, 1.54) is 44.9 Å². The number of carbonyl (C=O) groups is 1. The Balaban J connectivity index is 1.99. The van der Waals surface area contributed by atoms with Crippen LogP contribution in [0.1, 0.15) is 70.8 Å². The molecule has 1 saturated carbocycles. The fourth-order valence-electron chi connectivity index (χ4n) is 4.48. The van der Waals surface area contributed by atoms with Crippen molar-refractivity contribution in [2.24, 2.45) is 5.92 Å². The molecule has 174 valence electrons. The number of methoxy groups -OCH3 is 1. The minimum Gasteiger partial charge on any atom is -0.469 e. The van der Waals surface area contributed by atoms with Crippen LogP contribution in [0.15, 0.2) is 36.5 Å². The summed E-state index contributed by atoms with van der Waals surface area (Å²) in [6.45, 7) is 7.61. The van der Waals surface area contributed by atoms with Gasteiger partial charge in [0.2, 0.25) is 0 Å². The Morgan fingerprint density at radius 2 is 1.94 bits per heavy atom. The van der Waals surface area contributed by atoms with Crippen LogP contribution in [0.4, 0.5) is 17.2 Å². The monoisotopic (exact) mass is 457 g/mol. The molecule has 1 atom stereocenters. The molecular weight excluding hydrogens is 422 g/mol. The smallest absolute Gasteiger partial charge is 0.306 e. The standard InChI is InChI=1S/C26H36ClN3O2/c1-18(2)17-30(22-8-6-5-7-9-22)24-12-10-20(19(3)14-26(31)32-4)15-23(24)29-25-13-11-21(27)16-28-25/h10-13,15-16,18-19,22H,5-9,14,17H2,1-4H3,(H,28,29). The molecule has 3 rings (SSSR count). The summed E-state index contributed by atoms with van der Waals surface area (Å²) in [6, 6.07) is 10.8. The number of ether oxygens (including phenoxy) is 1. The van der Waals surface area contributed by atoms with Crippen LogP contribution < -0.4 is 10.2 Å². The van der Waals surface area contributed by atoms with Crippen molar-refractivity contribution in [3.8, 4) is 0 Å². The Morgan fingerprint density at radius 3 is 2.56 bits per heavy atom. The van der Waals surface area contributed by atoms with Gasteiger partial charge in [0.1, 0.15) is 5.82 Å². The highest BCUT2D eigenvalue weighted by Gasteiger charge is 2.25. The van der Waals surface area contributed by atoms with Crippen molar-refractivity contribution in [1.82, 2.24) is 4.98 Å². The Bertz CT molecular complexity index is 879. The van der Waals surface area contributed by atoms with Crippen molar-refractivity contribution in [1.29, 1.82) is 0 Å². The van der Waals surface area contributed by atoms with Gasteiger partial charge in [-0.15, -0.1) is 0 Å². The molecule has 32 heavy (non-hydrogen) atoms. The SMILES string of the molecule is COC(=O)CC(C)c1ccc(N(CC(C)C)C2CCCCC2)c(Nc2ccc(Cl)cn2)c1. The molecule has 2 aromatic rings. The van der Waals surface area contributed by atoms with E-state index in [2.05, 4.69) is 54.2 Å². The van der Waals surface area contributed by atoms with Crippen molar-refractivity contribution in [2.45, 2.75) is 71.3 Å². The lowest BCUT2D eigenvalue weighted by atomic mass is 9.92. The molecule has 1 aromatic heterocycles. The fraction of sp³-hybridized carbons (Fsp3) is 0.538. The zero-order valence-electron chi connectivity index (χ0n) is 19.7. The molecule has 1 aliphatic rings. The molecule has 1 aliphatic carbocycles. The Morgan fingerprint density at radius 1 is 1.19 bits per heavy atom. The topological polar surface area (TPSA) is 54.5 Å². The number of nitrogens with zero attached hydrogens (tertiary/aromatic N) is 2. The van der Waals surface area contributed by atoms with E-state index in [0.717, 1.165) is 23.6 Å². The van der Waals surface area contributed by atoms with E-state index < -0.39 is 0 Å². The zero-order chi connectivity index (χ0) is 23.1. The van der Waals surface area contributed by atoms with Crippen molar-refractivity contribution >= 4 is 34.8 Å². The van der Waals surface area contributed by atoms with E-state index >= 15 is 0 Å². The molecule has 1 aromatic carbocycles. The summed E-state index contributed by atoms with van der Waals surface area (Å²) < 4.78 is 4.88. The highest BCUT2D eigenvalue weighted by atomic mass is 35.5. The normalized spacial score (nSPS) is 15.4. The molecule has 0 saturated heterocycles. The van der Waals surface area contributed by atoms with E-state index in [0.29, 0.717) is 23.4 Å². The average Bonchev–Trinajstić information content (AvgIpc) is 2.79. The maximum absolute atomic E-state index is 11.8. The molecule has 0 aliphatic heterocycles. The van der Waals surface area contributed by atoms with Gasteiger partial charge in [0.25, 0.3) is 0 Å². The number of anilines is 3. The first-order valence-corrected chi connectivity index (χ1v) is 12.1. The number of carbonyl (C=O) groups excluding carboxylic acids is 1.